The van der Waals surface area contributed by atoms with Gasteiger partial charge in [0.25, 0.3) is 0 Å². The van der Waals surface area contributed by atoms with Crippen LogP contribution in [0.1, 0.15) is 87.0 Å². The van der Waals surface area contributed by atoms with Crippen molar-refractivity contribution in [2.75, 3.05) is 0 Å². The van der Waals surface area contributed by atoms with Gasteiger partial charge in [0.2, 0.25) is 0 Å². The van der Waals surface area contributed by atoms with E-state index in [1.807, 2.05) is 0 Å². The quantitative estimate of drug-likeness (QED) is 0.361. The van der Waals surface area contributed by atoms with Crippen molar-refractivity contribution in [1.82, 2.24) is 0 Å². The number of hydrogen-bond donors (Lipinski definition) is 4. The van der Waals surface area contributed by atoms with Gasteiger partial charge in [-0.25, -0.2) is 0 Å². The lowest BCUT2D eigenvalue weighted by atomic mass is 9.44. The maximum atomic E-state index is 12.6. The minimum absolute atomic E-state index is 0.124. The number of hydrogen-bond acceptors (Lipinski definition) is 4. The zero-order chi connectivity index (χ0) is 27.0. The molecule has 0 aromatic rings. The van der Waals surface area contributed by atoms with E-state index < -0.39 is 40.8 Å². The third-order valence-corrected chi connectivity index (χ3v) is 11.8. The Labute approximate surface area is 217 Å². The molecule has 2 fully saturated rings. The van der Waals surface area contributed by atoms with Crippen molar-refractivity contribution in [2.45, 2.75) is 105 Å². The zero-order valence-electron chi connectivity index (χ0n) is 23.3. The highest BCUT2D eigenvalue weighted by Gasteiger charge is 2.70. The minimum Gasteiger partial charge on any atom is -0.481 e. The smallest absolute Gasteiger partial charge is 0.306 e. The number of fused-ring (bicyclic) bond motifs is 5. The van der Waals surface area contributed by atoms with Gasteiger partial charge in [-0.1, -0.05) is 72.8 Å². The molecule has 0 unspecified atom stereocenters. The first-order chi connectivity index (χ1) is 16.5. The number of carboxylic acid groups (broad SMARTS) is 1. The molecule has 202 valence electrons. The van der Waals surface area contributed by atoms with Crippen molar-refractivity contribution in [1.29, 1.82) is 0 Å². The van der Waals surface area contributed by atoms with Gasteiger partial charge >= 0.3 is 5.97 Å². The van der Waals surface area contributed by atoms with Crippen LogP contribution in [-0.4, -0.2) is 44.7 Å². The summed E-state index contributed by atoms with van der Waals surface area (Å²) in [5, 5.41) is 44.3. The van der Waals surface area contributed by atoms with Gasteiger partial charge in [0, 0.05) is 11.3 Å². The lowest BCUT2D eigenvalue weighted by Crippen LogP contribution is -2.55. The summed E-state index contributed by atoms with van der Waals surface area (Å²) in [4.78, 5) is 12.6. The molecule has 4 aliphatic rings. The van der Waals surface area contributed by atoms with Crippen LogP contribution in [0.5, 0.6) is 0 Å². The molecule has 4 aliphatic carbocycles. The van der Waals surface area contributed by atoms with Crippen molar-refractivity contribution in [2.24, 2.45) is 45.3 Å². The number of rotatable bonds is 6. The first kappa shape index (κ1) is 27.6. The largest absolute Gasteiger partial charge is 0.481 e. The third kappa shape index (κ3) is 3.55. The highest BCUT2D eigenvalue weighted by atomic mass is 16.4. The molecule has 0 saturated heterocycles. The summed E-state index contributed by atoms with van der Waals surface area (Å²) in [6.45, 7) is 19.0. The van der Waals surface area contributed by atoms with Gasteiger partial charge in [0.05, 0.1) is 24.2 Å². The van der Waals surface area contributed by atoms with Crippen molar-refractivity contribution < 1.29 is 25.2 Å². The number of carbonyl (C=O) groups is 1. The molecular formula is C31H48O5. The first-order valence-corrected chi connectivity index (χ1v) is 13.9. The van der Waals surface area contributed by atoms with Gasteiger partial charge in [0.15, 0.2) is 0 Å². The molecule has 5 heteroatoms. The van der Waals surface area contributed by atoms with Crippen LogP contribution in [0.3, 0.4) is 0 Å². The number of allylic oxidation sites excluding steroid dienone is 4. The zero-order valence-corrected chi connectivity index (χ0v) is 23.3. The van der Waals surface area contributed by atoms with E-state index in [4.69, 9.17) is 0 Å². The Morgan fingerprint density at radius 2 is 1.72 bits per heavy atom. The number of carboxylic acids is 1. The molecule has 0 bridgehead atoms. The maximum Gasteiger partial charge on any atom is 0.306 e. The molecule has 4 rings (SSSR count). The van der Waals surface area contributed by atoms with Gasteiger partial charge in [-0.15, -0.1) is 0 Å². The van der Waals surface area contributed by atoms with Crippen LogP contribution in [0.2, 0.25) is 0 Å². The molecule has 0 aromatic heterocycles. The molecule has 9 atom stereocenters. The topological polar surface area (TPSA) is 98.0 Å². The molecule has 0 aliphatic heterocycles. The average molecular weight is 501 g/mol. The van der Waals surface area contributed by atoms with Crippen LogP contribution in [0.25, 0.3) is 0 Å². The summed E-state index contributed by atoms with van der Waals surface area (Å²) in [5.41, 5.74) is 1.65. The van der Waals surface area contributed by atoms with E-state index in [1.165, 1.54) is 5.57 Å². The number of aliphatic hydroxyl groups excluding tert-OH is 3. The fourth-order valence-electron chi connectivity index (χ4n) is 8.91. The Balaban J connectivity index is 1.77. The number of aliphatic hydroxyl groups is 3. The fourth-order valence-corrected chi connectivity index (χ4v) is 8.91. The second-order valence-electron chi connectivity index (χ2n) is 13.9. The molecule has 4 N–H and O–H groups in total. The van der Waals surface area contributed by atoms with Crippen molar-refractivity contribution in [3.8, 4) is 0 Å². The second kappa shape index (κ2) is 8.81. The third-order valence-electron chi connectivity index (χ3n) is 11.8. The summed E-state index contributed by atoms with van der Waals surface area (Å²) < 4.78 is 0. The average Bonchev–Trinajstić information content (AvgIpc) is 2.94. The Morgan fingerprint density at radius 1 is 1.08 bits per heavy atom. The molecule has 36 heavy (non-hydrogen) atoms. The standard InChI is InChI=1S/C31H48O5/c1-17(2)18(3)9-10-19(27(35)36)24-25(33)26(34)31(8)21-11-12-22-28(4,5)23(32)14-15-29(22,6)20(21)13-16-30(24,31)7/h11,13,17,19,22-26,32-34H,3,9-10,12,14-16H2,1-2,4-8H3,(H,35,36)/t19-,22-,23-,24-,25-,26-,29+,30+,31+/m0/s1. The van der Waals surface area contributed by atoms with Crippen LogP contribution in [0.15, 0.2) is 35.5 Å². The summed E-state index contributed by atoms with van der Waals surface area (Å²) in [6, 6.07) is 0. The van der Waals surface area contributed by atoms with Crippen LogP contribution in [-0.2, 0) is 4.79 Å². The normalized spacial score (nSPS) is 44.1. The predicted molar refractivity (Wildman–Crippen MR) is 142 cm³/mol. The number of aliphatic carboxylic acids is 1. The van der Waals surface area contributed by atoms with E-state index in [1.54, 1.807) is 0 Å². The summed E-state index contributed by atoms with van der Waals surface area (Å²) in [6.07, 6.45) is 6.10. The van der Waals surface area contributed by atoms with Crippen molar-refractivity contribution in [3.63, 3.8) is 0 Å². The lowest BCUT2D eigenvalue weighted by Gasteiger charge is -2.61. The van der Waals surface area contributed by atoms with Gasteiger partial charge in [-0.2, -0.15) is 0 Å². The Kier molecular flexibility index (Phi) is 6.76. The lowest BCUT2D eigenvalue weighted by molar-refractivity contribution is -0.148. The Bertz CT molecular complexity index is 991. The van der Waals surface area contributed by atoms with Gasteiger partial charge < -0.3 is 20.4 Å². The maximum absolute atomic E-state index is 12.6. The fraction of sp³-hybridized carbons (Fsp3) is 0.774. The van der Waals surface area contributed by atoms with E-state index in [9.17, 15) is 25.2 Å². The molecule has 0 spiro atoms. The summed E-state index contributed by atoms with van der Waals surface area (Å²) >= 11 is 0. The van der Waals surface area contributed by atoms with Crippen LogP contribution >= 0.6 is 0 Å². The molecular weight excluding hydrogens is 452 g/mol. The Hall–Kier alpha value is -1.43. The minimum atomic E-state index is -1.11. The molecule has 2 saturated carbocycles. The van der Waals surface area contributed by atoms with Crippen molar-refractivity contribution in [3.05, 3.63) is 35.5 Å². The molecule has 0 heterocycles. The molecule has 0 radical (unpaired) electrons. The summed E-state index contributed by atoms with van der Waals surface area (Å²) in [5.74, 6) is -1.67. The van der Waals surface area contributed by atoms with Gasteiger partial charge in [-0.3, -0.25) is 4.79 Å². The van der Waals surface area contributed by atoms with E-state index >= 15 is 0 Å². The molecule has 0 aromatic carbocycles. The summed E-state index contributed by atoms with van der Waals surface area (Å²) in [7, 11) is 0. The highest BCUT2D eigenvalue weighted by molar-refractivity contribution is 5.71. The van der Waals surface area contributed by atoms with E-state index in [-0.39, 0.29) is 28.8 Å². The first-order valence-electron chi connectivity index (χ1n) is 13.9. The predicted octanol–water partition coefficient (Wildman–Crippen LogP) is 5.51. The van der Waals surface area contributed by atoms with Crippen LogP contribution in [0.4, 0.5) is 0 Å². The van der Waals surface area contributed by atoms with Crippen LogP contribution < -0.4 is 0 Å². The molecule has 0 amide bonds. The van der Waals surface area contributed by atoms with Crippen molar-refractivity contribution >= 4 is 5.97 Å². The van der Waals surface area contributed by atoms with Crippen LogP contribution in [0, 0.1) is 45.3 Å². The molecule has 5 nitrogen and oxygen atoms in total. The van der Waals surface area contributed by atoms with Gasteiger partial charge in [0.1, 0.15) is 0 Å². The second-order valence-corrected chi connectivity index (χ2v) is 13.9. The van der Waals surface area contributed by atoms with Gasteiger partial charge in [-0.05, 0) is 77.8 Å². The monoisotopic (exact) mass is 500 g/mol. The Morgan fingerprint density at radius 3 is 2.31 bits per heavy atom. The van der Waals surface area contributed by atoms with E-state index in [0.717, 1.165) is 30.4 Å². The van der Waals surface area contributed by atoms with E-state index in [0.29, 0.717) is 19.3 Å². The highest BCUT2D eigenvalue weighted by Crippen LogP contribution is 2.71. The van der Waals surface area contributed by atoms with E-state index in [2.05, 4.69) is 67.2 Å². The SMILES string of the molecule is C=C(CC[C@H](C(=O)O)[C@H]1[C@H](O)[C@H](O)[C@@]2(C)C3=CC[C@H]4C(C)(C)[C@@H](O)CC[C@]4(C)C3=CC[C@]12C)C(C)C.